The first-order chi connectivity index (χ1) is 25.1. The molecule has 0 aliphatic heterocycles. The molecule has 0 unspecified atom stereocenters. The van der Waals surface area contributed by atoms with E-state index in [1.165, 1.54) is 110 Å². The summed E-state index contributed by atoms with van der Waals surface area (Å²) in [6, 6.07) is 63.7. The molecule has 0 amide bonds. The molecule has 238 valence electrons. The van der Waals surface area contributed by atoms with Crippen LogP contribution in [0.5, 0.6) is 0 Å². The molecule has 51 heavy (non-hydrogen) atoms. The number of rotatable bonds is 2. The fourth-order valence-corrected chi connectivity index (χ4v) is 9.57. The number of fused-ring (bicyclic) bond motifs is 10. The second kappa shape index (κ2) is 10.4. The molecule has 2 aliphatic rings. The van der Waals surface area contributed by atoms with E-state index in [4.69, 9.17) is 0 Å². The summed E-state index contributed by atoms with van der Waals surface area (Å²) in [5, 5.41) is 7.75. The molecule has 0 nitrogen and oxygen atoms in total. The lowest BCUT2D eigenvalue weighted by atomic mass is 9.80. The van der Waals surface area contributed by atoms with Gasteiger partial charge in [0.25, 0.3) is 0 Å². The molecular weight excluding hydrogens is 613 g/mol. The lowest BCUT2D eigenvalue weighted by Crippen LogP contribution is -2.14. The van der Waals surface area contributed by atoms with Gasteiger partial charge in [-0.05, 0) is 116 Å². The molecule has 9 aromatic carbocycles. The highest BCUT2D eigenvalue weighted by Crippen LogP contribution is 2.53. The minimum Gasteiger partial charge on any atom is -0.0619 e. The SMILES string of the molecule is CC1(C)c2ccccc2-c2ccc(-c3c4ccccc4c(-c4ccc5c6c(cccc46)-c4ccccc4-c4ccccc4-5)c4ccccc34)cc21. The van der Waals surface area contributed by atoms with Crippen LogP contribution in [0.15, 0.2) is 170 Å². The van der Waals surface area contributed by atoms with Gasteiger partial charge in [-0.2, -0.15) is 0 Å². The van der Waals surface area contributed by atoms with Crippen molar-refractivity contribution in [1.82, 2.24) is 0 Å². The van der Waals surface area contributed by atoms with Gasteiger partial charge in [0.1, 0.15) is 0 Å². The maximum absolute atomic E-state index is 2.48. The van der Waals surface area contributed by atoms with Crippen molar-refractivity contribution < 1.29 is 0 Å². The van der Waals surface area contributed by atoms with E-state index in [1.807, 2.05) is 0 Å². The van der Waals surface area contributed by atoms with E-state index in [2.05, 4.69) is 184 Å². The monoisotopic (exact) mass is 646 g/mol. The van der Waals surface area contributed by atoms with Gasteiger partial charge in [0, 0.05) is 5.41 Å². The Hall–Kier alpha value is -6.24. The summed E-state index contributed by atoms with van der Waals surface area (Å²) in [6.07, 6.45) is 0. The van der Waals surface area contributed by atoms with Crippen LogP contribution >= 0.6 is 0 Å². The minimum atomic E-state index is -0.0627. The van der Waals surface area contributed by atoms with Crippen molar-refractivity contribution in [3.63, 3.8) is 0 Å². The molecule has 2 aliphatic carbocycles. The zero-order valence-corrected chi connectivity index (χ0v) is 28.7. The van der Waals surface area contributed by atoms with Crippen LogP contribution in [0.1, 0.15) is 25.0 Å². The van der Waals surface area contributed by atoms with Gasteiger partial charge in [-0.1, -0.05) is 178 Å². The lowest BCUT2D eigenvalue weighted by molar-refractivity contribution is 0.660. The van der Waals surface area contributed by atoms with Crippen LogP contribution in [-0.2, 0) is 5.41 Å². The first-order valence-electron chi connectivity index (χ1n) is 18.0. The summed E-state index contributed by atoms with van der Waals surface area (Å²) in [4.78, 5) is 0. The zero-order valence-electron chi connectivity index (χ0n) is 28.7. The van der Waals surface area contributed by atoms with E-state index in [9.17, 15) is 0 Å². The van der Waals surface area contributed by atoms with Gasteiger partial charge >= 0.3 is 0 Å². The van der Waals surface area contributed by atoms with Crippen LogP contribution in [0.4, 0.5) is 0 Å². The van der Waals surface area contributed by atoms with Crippen molar-refractivity contribution >= 4 is 32.3 Å². The van der Waals surface area contributed by atoms with Crippen molar-refractivity contribution in [2.45, 2.75) is 19.3 Å². The van der Waals surface area contributed by atoms with E-state index in [-0.39, 0.29) is 5.41 Å². The number of benzene rings is 9. The molecule has 0 aromatic heterocycles. The molecule has 9 aromatic rings. The second-order valence-electron chi connectivity index (χ2n) is 14.8. The van der Waals surface area contributed by atoms with Gasteiger partial charge in [0.15, 0.2) is 0 Å². The van der Waals surface area contributed by atoms with E-state index >= 15 is 0 Å². The molecule has 0 N–H and O–H groups in total. The molecule has 11 rings (SSSR count). The summed E-state index contributed by atoms with van der Waals surface area (Å²) in [7, 11) is 0. The van der Waals surface area contributed by atoms with Gasteiger partial charge in [-0.15, -0.1) is 0 Å². The quantitative estimate of drug-likeness (QED) is 0.164. The third kappa shape index (κ3) is 3.85. The largest absolute Gasteiger partial charge is 0.0619 e. The van der Waals surface area contributed by atoms with Crippen molar-refractivity contribution in [2.75, 3.05) is 0 Å². The first-order valence-corrected chi connectivity index (χ1v) is 18.0. The van der Waals surface area contributed by atoms with Crippen molar-refractivity contribution in [2.24, 2.45) is 0 Å². The third-order valence-corrected chi connectivity index (χ3v) is 11.8. The highest BCUT2D eigenvalue weighted by atomic mass is 14.4. The first kappa shape index (κ1) is 28.6. The minimum absolute atomic E-state index is 0.0627. The van der Waals surface area contributed by atoms with Crippen LogP contribution in [0.25, 0.3) is 99.1 Å². The van der Waals surface area contributed by atoms with Gasteiger partial charge in [0.2, 0.25) is 0 Å². The second-order valence-corrected chi connectivity index (χ2v) is 14.8. The van der Waals surface area contributed by atoms with Crippen LogP contribution < -0.4 is 0 Å². The summed E-state index contributed by atoms with van der Waals surface area (Å²) in [5.41, 5.74) is 18.4. The van der Waals surface area contributed by atoms with Crippen molar-refractivity contribution in [3.8, 4) is 66.8 Å². The average Bonchev–Trinajstić information content (AvgIpc) is 3.33. The van der Waals surface area contributed by atoms with Crippen molar-refractivity contribution in [1.29, 1.82) is 0 Å². The highest BCUT2D eigenvalue weighted by Gasteiger charge is 2.35. The Labute approximate surface area is 298 Å². The predicted octanol–water partition coefficient (Wildman–Crippen LogP) is 14.1. The molecule has 0 heteroatoms. The summed E-state index contributed by atoms with van der Waals surface area (Å²) in [6.45, 7) is 4.75. The molecule has 0 atom stereocenters. The third-order valence-electron chi connectivity index (χ3n) is 11.8. The van der Waals surface area contributed by atoms with Crippen LogP contribution in [0, 0.1) is 0 Å². The van der Waals surface area contributed by atoms with Gasteiger partial charge in [-0.25, -0.2) is 0 Å². The summed E-state index contributed by atoms with van der Waals surface area (Å²) >= 11 is 0. The molecule has 0 spiro atoms. The predicted molar refractivity (Wildman–Crippen MR) is 217 cm³/mol. The lowest BCUT2D eigenvalue weighted by Gasteiger charge is -2.23. The molecule has 0 saturated heterocycles. The molecule has 0 heterocycles. The van der Waals surface area contributed by atoms with Crippen molar-refractivity contribution in [3.05, 3.63) is 181 Å². The smallest absolute Gasteiger partial charge is 0.0159 e. The Morgan fingerprint density at radius 3 is 1.33 bits per heavy atom. The Balaban J connectivity index is 1.22. The number of hydrogen-bond donors (Lipinski definition) is 0. The van der Waals surface area contributed by atoms with E-state index in [0.29, 0.717) is 0 Å². The average molecular weight is 647 g/mol. The molecule has 0 fully saturated rings. The van der Waals surface area contributed by atoms with E-state index < -0.39 is 0 Å². The van der Waals surface area contributed by atoms with Crippen LogP contribution in [0.3, 0.4) is 0 Å². The Morgan fingerprint density at radius 1 is 0.294 bits per heavy atom. The standard InChI is InChI=1S/C51H34/c1-51(2)46-25-12-11-18-36(46)37-27-26-31(30-47(37)51)48-39-19-7-9-21-41(39)50(42-22-10-8-20-40(42)48)45-29-28-44-35-17-6-4-15-33(35)32-14-3-5-16-34(32)38-23-13-24-43(45)49(38)44/h3-30H,1-2H3. The van der Waals surface area contributed by atoms with E-state index in [1.54, 1.807) is 0 Å². The highest BCUT2D eigenvalue weighted by molar-refractivity contribution is 6.26. The van der Waals surface area contributed by atoms with Gasteiger partial charge in [0.05, 0.1) is 0 Å². The van der Waals surface area contributed by atoms with Crippen LogP contribution in [-0.4, -0.2) is 0 Å². The fraction of sp³-hybridized carbons (Fsp3) is 0.0588. The molecule has 0 saturated carbocycles. The Morgan fingerprint density at radius 2 is 0.706 bits per heavy atom. The van der Waals surface area contributed by atoms with Gasteiger partial charge in [-0.3, -0.25) is 0 Å². The normalized spacial score (nSPS) is 13.5. The Bertz CT molecular complexity index is 2830. The topological polar surface area (TPSA) is 0 Å². The maximum atomic E-state index is 2.48. The summed E-state index contributed by atoms with van der Waals surface area (Å²) in [5.74, 6) is 0. The van der Waals surface area contributed by atoms with E-state index in [0.717, 1.165) is 0 Å². The van der Waals surface area contributed by atoms with Crippen LogP contribution in [0.2, 0.25) is 0 Å². The maximum Gasteiger partial charge on any atom is 0.0159 e. The number of hydrogen-bond acceptors (Lipinski definition) is 0. The summed E-state index contributed by atoms with van der Waals surface area (Å²) < 4.78 is 0. The molecule has 0 bridgehead atoms. The molecule has 0 radical (unpaired) electrons. The molecular formula is C51H34. The zero-order chi connectivity index (χ0) is 33.8. The Kier molecular flexibility index (Phi) is 5.82. The van der Waals surface area contributed by atoms with Gasteiger partial charge < -0.3 is 0 Å². The fourth-order valence-electron chi connectivity index (χ4n) is 9.57.